The van der Waals surface area contributed by atoms with E-state index in [0.29, 0.717) is 19.3 Å². The molecule has 0 N–H and O–H groups in total. The lowest BCUT2D eigenvalue weighted by atomic mass is 9.93. The molecule has 1 aliphatic heterocycles. The number of rotatable bonds is 2. The summed E-state index contributed by atoms with van der Waals surface area (Å²) in [4.78, 5) is -0.349. The summed E-state index contributed by atoms with van der Waals surface area (Å²) >= 11 is 3.35. The number of hydrogen-bond acceptors (Lipinski definition) is 1. The van der Waals surface area contributed by atoms with Crippen LogP contribution < -0.4 is 0 Å². The van der Waals surface area contributed by atoms with Crippen molar-refractivity contribution >= 4 is 15.9 Å². The van der Waals surface area contributed by atoms with E-state index in [9.17, 15) is 13.2 Å². The molecule has 0 aliphatic carbocycles. The molecule has 94 valence electrons. The molecule has 1 fully saturated rings. The molecule has 0 amide bonds. The van der Waals surface area contributed by atoms with E-state index in [1.165, 1.54) is 0 Å². The number of hydrogen-bond donors (Lipinski definition) is 0. The van der Waals surface area contributed by atoms with Gasteiger partial charge in [-0.25, -0.2) is 13.2 Å². The minimum atomic E-state index is -1.16. The van der Waals surface area contributed by atoms with E-state index in [1.807, 2.05) is 0 Å². The van der Waals surface area contributed by atoms with Crippen LogP contribution in [0.5, 0.6) is 0 Å². The van der Waals surface area contributed by atoms with Gasteiger partial charge in [-0.1, -0.05) is 15.9 Å². The Labute approximate surface area is 106 Å². The van der Waals surface area contributed by atoms with E-state index in [0.717, 1.165) is 18.9 Å². The number of benzene rings is 1. The van der Waals surface area contributed by atoms with Crippen LogP contribution in [0.15, 0.2) is 12.1 Å². The van der Waals surface area contributed by atoms with E-state index < -0.39 is 17.5 Å². The monoisotopic (exact) mass is 308 g/mol. The van der Waals surface area contributed by atoms with Gasteiger partial charge in [-0.2, -0.15) is 0 Å². The fraction of sp³-hybridized carbons (Fsp3) is 0.500. The Kier molecular flexibility index (Phi) is 4.09. The molecule has 1 saturated heterocycles. The lowest BCUT2D eigenvalue weighted by molar-refractivity contribution is 0.0542. The van der Waals surface area contributed by atoms with Crippen LogP contribution in [0.3, 0.4) is 0 Å². The SMILES string of the molecule is Fc1cc(F)c(C(Br)C2CCCOC2)cc1F. The molecule has 2 unspecified atom stereocenters. The first-order valence-corrected chi connectivity index (χ1v) is 6.37. The maximum absolute atomic E-state index is 13.6. The van der Waals surface area contributed by atoms with Crippen LogP contribution in [0, 0.1) is 23.4 Å². The summed E-state index contributed by atoms with van der Waals surface area (Å²) in [6.07, 6.45) is 1.78. The van der Waals surface area contributed by atoms with Crippen molar-refractivity contribution in [1.82, 2.24) is 0 Å². The standard InChI is InChI=1S/C12H12BrF3O/c13-12(7-2-1-3-17-6-7)8-4-10(15)11(16)5-9(8)14/h4-5,7,12H,1-3,6H2. The molecule has 2 atom stereocenters. The lowest BCUT2D eigenvalue weighted by Crippen LogP contribution is -2.21. The lowest BCUT2D eigenvalue weighted by Gasteiger charge is -2.27. The highest BCUT2D eigenvalue weighted by Gasteiger charge is 2.26. The Morgan fingerprint density at radius 1 is 1.18 bits per heavy atom. The predicted molar refractivity (Wildman–Crippen MR) is 61.5 cm³/mol. The molecule has 1 aliphatic rings. The molecule has 17 heavy (non-hydrogen) atoms. The molecule has 1 aromatic rings. The zero-order chi connectivity index (χ0) is 12.4. The zero-order valence-electron chi connectivity index (χ0n) is 9.06. The summed E-state index contributed by atoms with van der Waals surface area (Å²) in [5.41, 5.74) is 0.152. The van der Waals surface area contributed by atoms with Gasteiger partial charge in [-0.15, -0.1) is 0 Å². The first-order chi connectivity index (χ1) is 8.09. The largest absolute Gasteiger partial charge is 0.381 e. The average Bonchev–Trinajstić information content (AvgIpc) is 2.34. The van der Waals surface area contributed by atoms with Gasteiger partial charge >= 0.3 is 0 Å². The highest BCUT2D eigenvalue weighted by Crippen LogP contribution is 2.37. The van der Waals surface area contributed by atoms with Crippen molar-refractivity contribution in [3.63, 3.8) is 0 Å². The van der Waals surface area contributed by atoms with Crippen molar-refractivity contribution in [1.29, 1.82) is 0 Å². The summed E-state index contributed by atoms with van der Waals surface area (Å²) < 4.78 is 44.8. The van der Waals surface area contributed by atoms with Gasteiger partial charge in [0.15, 0.2) is 11.6 Å². The fourth-order valence-corrected chi connectivity index (χ4v) is 2.77. The highest BCUT2D eigenvalue weighted by atomic mass is 79.9. The van der Waals surface area contributed by atoms with Crippen molar-refractivity contribution < 1.29 is 17.9 Å². The van der Waals surface area contributed by atoms with Crippen LogP contribution in [0.25, 0.3) is 0 Å². The van der Waals surface area contributed by atoms with Crippen molar-refractivity contribution in [2.24, 2.45) is 5.92 Å². The van der Waals surface area contributed by atoms with Gasteiger partial charge in [0.2, 0.25) is 0 Å². The molecule has 1 aromatic carbocycles. The second-order valence-corrected chi connectivity index (χ2v) is 5.15. The average molecular weight is 309 g/mol. The molecule has 0 bridgehead atoms. The molecule has 1 heterocycles. The van der Waals surface area contributed by atoms with Gasteiger partial charge in [-0.05, 0) is 24.8 Å². The third-order valence-electron chi connectivity index (χ3n) is 2.95. The molecule has 0 spiro atoms. The Morgan fingerprint density at radius 3 is 2.53 bits per heavy atom. The summed E-state index contributed by atoms with van der Waals surface area (Å²) in [6.45, 7) is 1.21. The second kappa shape index (κ2) is 5.40. The number of ether oxygens (including phenoxy) is 1. The first kappa shape index (κ1) is 12.9. The predicted octanol–water partition coefficient (Wildman–Crippen LogP) is 3.97. The van der Waals surface area contributed by atoms with Gasteiger partial charge in [0.25, 0.3) is 0 Å². The summed E-state index contributed by atoms with van der Waals surface area (Å²) in [7, 11) is 0. The quantitative estimate of drug-likeness (QED) is 0.593. The van der Waals surface area contributed by atoms with Crippen molar-refractivity contribution in [2.45, 2.75) is 17.7 Å². The first-order valence-electron chi connectivity index (χ1n) is 5.46. The number of alkyl halides is 1. The highest BCUT2D eigenvalue weighted by molar-refractivity contribution is 9.09. The minimum Gasteiger partial charge on any atom is -0.381 e. The Hall–Kier alpha value is -0.550. The van der Waals surface area contributed by atoms with E-state index in [2.05, 4.69) is 15.9 Å². The third kappa shape index (κ3) is 2.83. The smallest absolute Gasteiger partial charge is 0.161 e. The van der Waals surface area contributed by atoms with Gasteiger partial charge < -0.3 is 4.74 Å². The van der Waals surface area contributed by atoms with E-state index in [1.54, 1.807) is 0 Å². The molecule has 1 nitrogen and oxygen atoms in total. The number of halogens is 4. The van der Waals surface area contributed by atoms with Crippen LogP contribution >= 0.6 is 15.9 Å². The van der Waals surface area contributed by atoms with Crippen LogP contribution in [0.4, 0.5) is 13.2 Å². The van der Waals surface area contributed by atoms with E-state index in [4.69, 9.17) is 4.74 Å². The molecule has 0 radical (unpaired) electrons. The summed E-state index contributed by atoms with van der Waals surface area (Å²) in [5.74, 6) is -2.83. The maximum atomic E-state index is 13.6. The Bertz CT molecular complexity index is 405. The van der Waals surface area contributed by atoms with E-state index >= 15 is 0 Å². The van der Waals surface area contributed by atoms with Gasteiger partial charge in [0, 0.05) is 23.1 Å². The maximum Gasteiger partial charge on any atom is 0.161 e. The zero-order valence-corrected chi connectivity index (χ0v) is 10.6. The molecule has 2 rings (SSSR count). The van der Waals surface area contributed by atoms with Crippen LogP contribution in [0.2, 0.25) is 0 Å². The fourth-order valence-electron chi connectivity index (χ4n) is 2.00. The van der Waals surface area contributed by atoms with Crippen molar-refractivity contribution in [2.75, 3.05) is 13.2 Å². The van der Waals surface area contributed by atoms with Crippen LogP contribution in [-0.2, 0) is 4.74 Å². The molecule has 5 heteroatoms. The topological polar surface area (TPSA) is 9.23 Å². The molecular formula is C12H12BrF3O. The molecular weight excluding hydrogens is 297 g/mol. The van der Waals surface area contributed by atoms with Crippen molar-refractivity contribution in [3.05, 3.63) is 35.1 Å². The van der Waals surface area contributed by atoms with Crippen LogP contribution in [-0.4, -0.2) is 13.2 Å². The van der Waals surface area contributed by atoms with Crippen molar-refractivity contribution in [3.8, 4) is 0 Å². The second-order valence-electron chi connectivity index (χ2n) is 4.17. The molecule has 0 aromatic heterocycles. The minimum absolute atomic E-state index is 0.0862. The molecule has 0 saturated carbocycles. The normalized spacial score (nSPS) is 22.5. The van der Waals surface area contributed by atoms with Gasteiger partial charge in [-0.3, -0.25) is 0 Å². The van der Waals surface area contributed by atoms with Gasteiger partial charge in [0.1, 0.15) is 5.82 Å². The summed E-state index contributed by atoms with van der Waals surface area (Å²) in [5, 5.41) is 0. The third-order valence-corrected chi connectivity index (χ3v) is 4.19. The van der Waals surface area contributed by atoms with Crippen LogP contribution in [0.1, 0.15) is 23.2 Å². The summed E-state index contributed by atoms with van der Waals surface area (Å²) in [6, 6.07) is 1.50. The Morgan fingerprint density at radius 2 is 1.88 bits per heavy atom. The Balaban J connectivity index is 2.23. The van der Waals surface area contributed by atoms with Gasteiger partial charge in [0.05, 0.1) is 6.61 Å². The van der Waals surface area contributed by atoms with E-state index in [-0.39, 0.29) is 16.3 Å².